The van der Waals surface area contributed by atoms with E-state index in [-0.39, 0.29) is 10.5 Å². The fourth-order valence-corrected chi connectivity index (χ4v) is 1.94. The van der Waals surface area contributed by atoms with E-state index in [4.69, 9.17) is 10.5 Å². The van der Waals surface area contributed by atoms with Crippen LogP contribution in [0.1, 0.15) is 0 Å². The van der Waals surface area contributed by atoms with Crippen molar-refractivity contribution in [2.24, 2.45) is 0 Å². The minimum Gasteiger partial charge on any atom is -0.399 e. The van der Waals surface area contributed by atoms with E-state index < -0.39 is 0 Å². The summed E-state index contributed by atoms with van der Waals surface area (Å²) in [4.78, 5) is 0. The Labute approximate surface area is 103 Å². The van der Waals surface area contributed by atoms with Crippen LogP contribution in [-0.2, 0) is 11.5 Å². The Morgan fingerprint density at radius 1 is 1.53 bits per heavy atom. The van der Waals surface area contributed by atoms with Gasteiger partial charge in [-0.15, -0.1) is 0 Å². The van der Waals surface area contributed by atoms with Crippen molar-refractivity contribution in [3.63, 3.8) is 0 Å². The number of anilines is 1. The quantitative estimate of drug-likeness (QED) is 0.502. The number of ether oxygens (including phenoxy) is 1. The maximum atomic E-state index is 5.76. The molecule has 0 spiro atoms. The van der Waals surface area contributed by atoms with Gasteiger partial charge in [0, 0.05) is 16.8 Å². The lowest BCUT2D eigenvalue weighted by Crippen LogP contribution is -2.06. The predicted octanol–water partition coefficient (Wildman–Crippen LogP) is 1.92. The van der Waals surface area contributed by atoms with Crippen LogP contribution >= 0.6 is 10.5 Å². The molecule has 0 bridgehead atoms. The van der Waals surface area contributed by atoms with Crippen LogP contribution in [0, 0.1) is 0 Å². The molecule has 0 radical (unpaired) electrons. The smallest absolute Gasteiger partial charge is 0.140 e. The summed E-state index contributed by atoms with van der Waals surface area (Å²) < 4.78 is 7.39. The first kappa shape index (κ1) is 12.1. The summed E-state index contributed by atoms with van der Waals surface area (Å²) >= 11 is 0. The molecule has 0 amide bonds. The first-order chi connectivity index (χ1) is 8.16. The molecule has 2 rings (SSSR count). The average molecular weight is 251 g/mol. The van der Waals surface area contributed by atoms with Crippen LogP contribution in [0.3, 0.4) is 0 Å². The first-order valence-electron chi connectivity index (χ1n) is 5.38. The number of rotatable bonds is 5. The van der Waals surface area contributed by atoms with Crippen molar-refractivity contribution in [1.29, 1.82) is 0 Å². The van der Waals surface area contributed by atoms with Crippen molar-refractivity contribution in [2.75, 3.05) is 24.3 Å². The molecule has 1 aromatic carbocycles. The van der Waals surface area contributed by atoms with E-state index in [2.05, 4.69) is 17.2 Å². The Morgan fingerprint density at radius 3 is 3.12 bits per heavy atom. The molecule has 1 aromatic heterocycles. The Balaban J connectivity index is 2.03. The maximum absolute atomic E-state index is 5.76. The van der Waals surface area contributed by atoms with E-state index in [1.165, 1.54) is 0 Å². The molecule has 0 aliphatic rings. The second kappa shape index (κ2) is 5.33. The highest BCUT2D eigenvalue weighted by Gasteiger charge is 2.02. The third-order valence-electron chi connectivity index (χ3n) is 2.46. The fourth-order valence-electron chi connectivity index (χ4n) is 1.54. The number of aromatic nitrogens is 2. The number of nitrogens with two attached hydrogens (primary N) is 1. The second-order valence-corrected chi connectivity index (χ2v) is 5.96. The molecule has 0 aliphatic heterocycles. The summed E-state index contributed by atoms with van der Waals surface area (Å²) in [6, 6.07) is 5.76. The van der Waals surface area contributed by atoms with Gasteiger partial charge in [0.05, 0.1) is 18.3 Å². The van der Waals surface area contributed by atoms with Gasteiger partial charge in [-0.3, -0.25) is 0 Å². The topological polar surface area (TPSA) is 53.1 Å². The molecule has 92 valence electrons. The summed E-state index contributed by atoms with van der Waals surface area (Å²) in [5.41, 5.74) is 7.51. The normalized spacial score (nSPS) is 13.0. The maximum Gasteiger partial charge on any atom is 0.140 e. The lowest BCUT2D eigenvalue weighted by molar-refractivity contribution is 0.0843. The van der Waals surface area contributed by atoms with Crippen LogP contribution < -0.4 is 5.73 Å². The monoisotopic (exact) mass is 251 g/mol. The fraction of sp³-hybridized carbons (Fsp3) is 0.333. The van der Waals surface area contributed by atoms with Gasteiger partial charge in [-0.05, 0) is 24.5 Å². The second-order valence-electron chi connectivity index (χ2n) is 3.99. The first-order valence-corrected chi connectivity index (χ1v) is 7.35. The minimum atomic E-state index is 0.181. The van der Waals surface area contributed by atoms with Crippen molar-refractivity contribution in [3.8, 4) is 0 Å². The van der Waals surface area contributed by atoms with Gasteiger partial charge in [0.2, 0.25) is 0 Å². The summed E-state index contributed by atoms with van der Waals surface area (Å²) in [6.07, 6.45) is 3.93. The van der Waals surface area contributed by atoms with Crippen molar-refractivity contribution in [2.45, 2.75) is 6.73 Å². The average Bonchev–Trinajstić information content (AvgIpc) is 2.67. The van der Waals surface area contributed by atoms with Crippen LogP contribution in [0.2, 0.25) is 0 Å². The van der Waals surface area contributed by atoms with Crippen molar-refractivity contribution in [3.05, 3.63) is 24.4 Å². The number of hydrogen-bond donors (Lipinski definition) is 1. The zero-order chi connectivity index (χ0) is 12.3. The Morgan fingerprint density at radius 2 is 2.35 bits per heavy atom. The molecular formula is C12H17N3OS. The van der Waals surface area contributed by atoms with Crippen LogP contribution in [0.15, 0.2) is 24.4 Å². The minimum absolute atomic E-state index is 0.181. The van der Waals surface area contributed by atoms with Crippen molar-refractivity contribution in [1.82, 2.24) is 9.78 Å². The van der Waals surface area contributed by atoms with Crippen molar-refractivity contribution >= 4 is 32.9 Å². The van der Waals surface area contributed by atoms with Gasteiger partial charge >= 0.3 is 0 Å². The third-order valence-corrected chi connectivity index (χ3v) is 3.32. The number of benzene rings is 1. The summed E-state index contributed by atoms with van der Waals surface area (Å²) in [5, 5.41) is 5.35. The molecule has 0 saturated heterocycles. The largest absolute Gasteiger partial charge is 0.399 e. The molecule has 0 aliphatic carbocycles. The van der Waals surface area contributed by atoms with E-state index in [0.29, 0.717) is 13.3 Å². The highest BCUT2D eigenvalue weighted by molar-refractivity contribution is 8.13. The molecule has 5 heteroatoms. The van der Waals surface area contributed by atoms with Crippen LogP contribution in [0.25, 0.3) is 10.9 Å². The van der Waals surface area contributed by atoms with Gasteiger partial charge in [-0.25, -0.2) is 4.68 Å². The third kappa shape index (κ3) is 3.08. The van der Waals surface area contributed by atoms with Gasteiger partial charge in [0.15, 0.2) is 0 Å². The van der Waals surface area contributed by atoms with Gasteiger partial charge < -0.3 is 10.5 Å². The van der Waals surface area contributed by atoms with E-state index in [1.54, 1.807) is 0 Å². The van der Waals surface area contributed by atoms with Crippen LogP contribution in [0.5, 0.6) is 0 Å². The van der Waals surface area contributed by atoms with Gasteiger partial charge in [0.25, 0.3) is 0 Å². The highest BCUT2D eigenvalue weighted by Crippen LogP contribution is 2.16. The molecule has 0 fully saturated rings. The molecule has 2 aromatic rings. The van der Waals surface area contributed by atoms with Gasteiger partial charge in [-0.1, -0.05) is 5.87 Å². The highest BCUT2D eigenvalue weighted by atomic mass is 32.2. The molecule has 17 heavy (non-hydrogen) atoms. The Bertz CT molecular complexity index is 536. The molecule has 2 N–H and O–H groups in total. The Hall–Kier alpha value is -1.33. The molecule has 1 unspecified atom stereocenters. The van der Waals surface area contributed by atoms with Gasteiger partial charge in [-0.2, -0.15) is 15.6 Å². The van der Waals surface area contributed by atoms with Crippen molar-refractivity contribution < 1.29 is 4.74 Å². The van der Waals surface area contributed by atoms with E-state index in [1.807, 2.05) is 29.1 Å². The van der Waals surface area contributed by atoms with E-state index >= 15 is 0 Å². The molecule has 0 saturated carbocycles. The summed E-state index contributed by atoms with van der Waals surface area (Å²) in [7, 11) is 0.181. The predicted molar refractivity (Wildman–Crippen MR) is 75.6 cm³/mol. The van der Waals surface area contributed by atoms with Crippen LogP contribution in [-0.4, -0.2) is 34.3 Å². The number of nitrogen functional groups attached to an aromatic ring is 1. The summed E-state index contributed by atoms with van der Waals surface area (Å²) in [6.45, 7) is 1.18. The van der Waals surface area contributed by atoms with Crippen LogP contribution in [0.4, 0.5) is 5.69 Å². The number of nitrogens with zero attached hydrogens (tertiary/aromatic N) is 2. The zero-order valence-corrected chi connectivity index (χ0v) is 10.7. The lowest BCUT2D eigenvalue weighted by Gasteiger charge is -2.06. The molecule has 4 nitrogen and oxygen atoms in total. The molecule has 1 atom stereocenters. The van der Waals surface area contributed by atoms with E-state index in [9.17, 15) is 0 Å². The molecular weight excluding hydrogens is 234 g/mol. The number of hydrogen-bond acceptors (Lipinski definition) is 3. The van der Waals surface area contributed by atoms with E-state index in [0.717, 1.165) is 22.3 Å². The standard InChI is InChI=1S/C12H17N3OS/c1-17(2)6-5-16-9-15-12-7-11(13)4-3-10(12)8-14-15/h3-4,7-8H,1,5-6,9,13H2,2H3. The zero-order valence-electron chi connectivity index (χ0n) is 9.93. The Kier molecular flexibility index (Phi) is 3.81. The number of fused-ring (bicyclic) bond motifs is 1. The summed E-state index contributed by atoms with van der Waals surface area (Å²) in [5.74, 6) is 4.93. The lowest BCUT2D eigenvalue weighted by atomic mass is 10.2. The molecule has 1 heterocycles. The SMILES string of the molecule is C=S(C)CCOCn1ncc2ccc(N)cc21. The van der Waals surface area contributed by atoms with Gasteiger partial charge in [0.1, 0.15) is 6.73 Å².